The Bertz CT molecular complexity index is 745. The van der Waals surface area contributed by atoms with E-state index >= 15 is 0 Å². The first-order valence-electron chi connectivity index (χ1n) is 7.28. The average molecular weight is 398 g/mol. The van der Waals surface area contributed by atoms with Crippen molar-refractivity contribution >= 4 is 27.3 Å². The number of nitrogens with one attached hydrogen (secondary N) is 1. The summed E-state index contributed by atoms with van der Waals surface area (Å²) in [4.78, 5) is 0. The SMILES string of the molecule is CCc1cc(OC)cc(C(=N)CN(N)c2c(F)ccc(Br)c2F)c1. The van der Waals surface area contributed by atoms with E-state index in [2.05, 4.69) is 15.9 Å². The van der Waals surface area contributed by atoms with Crippen LogP contribution in [0.3, 0.4) is 0 Å². The van der Waals surface area contributed by atoms with E-state index < -0.39 is 11.6 Å². The van der Waals surface area contributed by atoms with E-state index in [-0.39, 0.29) is 22.4 Å². The Morgan fingerprint density at radius 1 is 1.29 bits per heavy atom. The fourth-order valence-corrected chi connectivity index (χ4v) is 2.60. The summed E-state index contributed by atoms with van der Waals surface area (Å²) >= 11 is 3.00. The van der Waals surface area contributed by atoms with Gasteiger partial charge >= 0.3 is 0 Å². The Balaban J connectivity index is 2.28. The number of methoxy groups -OCH3 is 1. The summed E-state index contributed by atoms with van der Waals surface area (Å²) in [7, 11) is 1.55. The van der Waals surface area contributed by atoms with E-state index in [1.807, 2.05) is 19.1 Å². The normalized spacial score (nSPS) is 10.6. The molecular formula is C17H18BrF2N3O. The molecule has 0 atom stereocenters. The molecule has 0 bridgehead atoms. The summed E-state index contributed by atoms with van der Waals surface area (Å²) in [6.07, 6.45) is 0.776. The highest BCUT2D eigenvalue weighted by Crippen LogP contribution is 2.28. The molecule has 0 aliphatic carbocycles. The van der Waals surface area contributed by atoms with Crippen LogP contribution < -0.4 is 15.6 Å². The predicted octanol–water partition coefficient (Wildman–Crippen LogP) is 4.05. The number of halogens is 3. The molecule has 0 amide bonds. The molecule has 0 aromatic heterocycles. The van der Waals surface area contributed by atoms with Gasteiger partial charge in [0.2, 0.25) is 0 Å². The summed E-state index contributed by atoms with van der Waals surface area (Å²) in [5.41, 5.74) is 1.34. The van der Waals surface area contributed by atoms with Crippen molar-refractivity contribution in [1.82, 2.24) is 0 Å². The predicted molar refractivity (Wildman–Crippen MR) is 94.8 cm³/mol. The van der Waals surface area contributed by atoms with E-state index in [1.54, 1.807) is 13.2 Å². The summed E-state index contributed by atoms with van der Waals surface area (Å²) in [6.45, 7) is 1.84. The van der Waals surface area contributed by atoms with Crippen molar-refractivity contribution in [3.63, 3.8) is 0 Å². The maximum Gasteiger partial charge on any atom is 0.165 e. The highest BCUT2D eigenvalue weighted by molar-refractivity contribution is 9.10. The zero-order chi connectivity index (χ0) is 17.9. The van der Waals surface area contributed by atoms with Crippen LogP contribution in [0.15, 0.2) is 34.8 Å². The third-order valence-electron chi connectivity index (χ3n) is 3.59. The lowest BCUT2D eigenvalue weighted by Crippen LogP contribution is -2.37. The van der Waals surface area contributed by atoms with Gasteiger partial charge in [0.05, 0.1) is 23.8 Å². The second kappa shape index (κ2) is 7.72. The van der Waals surface area contributed by atoms with Gasteiger partial charge in [-0.1, -0.05) is 6.92 Å². The van der Waals surface area contributed by atoms with E-state index in [4.69, 9.17) is 16.0 Å². The van der Waals surface area contributed by atoms with Crippen LogP contribution in [0.25, 0.3) is 0 Å². The number of hydrazine groups is 1. The Morgan fingerprint density at radius 2 is 2.00 bits per heavy atom. The molecule has 0 aliphatic rings. The lowest BCUT2D eigenvalue weighted by molar-refractivity contribution is 0.414. The zero-order valence-electron chi connectivity index (χ0n) is 13.4. The fraction of sp³-hybridized carbons (Fsp3) is 0.235. The van der Waals surface area contributed by atoms with Crippen molar-refractivity contribution in [2.45, 2.75) is 13.3 Å². The van der Waals surface area contributed by atoms with Crippen LogP contribution in [-0.2, 0) is 6.42 Å². The van der Waals surface area contributed by atoms with Gasteiger partial charge in [0.1, 0.15) is 11.4 Å². The third-order valence-corrected chi connectivity index (χ3v) is 4.21. The van der Waals surface area contributed by atoms with Crippen LogP contribution in [0.1, 0.15) is 18.1 Å². The van der Waals surface area contributed by atoms with Gasteiger partial charge in [-0.05, 0) is 58.2 Å². The molecule has 2 aromatic rings. The van der Waals surface area contributed by atoms with Crippen LogP contribution in [0, 0.1) is 17.0 Å². The molecule has 0 heterocycles. The molecule has 0 aliphatic heterocycles. The van der Waals surface area contributed by atoms with Crippen molar-refractivity contribution in [2.24, 2.45) is 5.84 Å². The lowest BCUT2D eigenvalue weighted by atomic mass is 10.0. The van der Waals surface area contributed by atoms with Gasteiger partial charge in [0.25, 0.3) is 0 Å². The fourth-order valence-electron chi connectivity index (χ4n) is 2.28. The molecule has 24 heavy (non-hydrogen) atoms. The molecule has 2 rings (SSSR count). The first-order chi connectivity index (χ1) is 11.4. The van der Waals surface area contributed by atoms with Crippen molar-refractivity contribution in [3.8, 4) is 5.75 Å². The number of hydrogen-bond acceptors (Lipinski definition) is 4. The smallest absolute Gasteiger partial charge is 0.165 e. The van der Waals surface area contributed by atoms with Crippen molar-refractivity contribution in [1.29, 1.82) is 5.41 Å². The first kappa shape index (κ1) is 18.4. The van der Waals surface area contributed by atoms with Crippen molar-refractivity contribution < 1.29 is 13.5 Å². The van der Waals surface area contributed by atoms with Gasteiger partial charge in [0.15, 0.2) is 11.6 Å². The minimum Gasteiger partial charge on any atom is -0.497 e. The number of hydrogen-bond donors (Lipinski definition) is 2. The molecule has 0 radical (unpaired) electrons. The van der Waals surface area contributed by atoms with Gasteiger partial charge in [-0.15, -0.1) is 0 Å². The van der Waals surface area contributed by atoms with E-state index in [1.165, 1.54) is 6.07 Å². The Hall–Kier alpha value is -1.99. The monoisotopic (exact) mass is 397 g/mol. The van der Waals surface area contributed by atoms with Gasteiger partial charge < -0.3 is 10.1 Å². The maximum absolute atomic E-state index is 14.1. The van der Waals surface area contributed by atoms with Crippen molar-refractivity contribution in [2.75, 3.05) is 18.7 Å². The van der Waals surface area contributed by atoms with E-state index in [9.17, 15) is 8.78 Å². The largest absolute Gasteiger partial charge is 0.497 e. The van der Waals surface area contributed by atoms with Crippen LogP contribution >= 0.6 is 15.9 Å². The number of benzene rings is 2. The number of ether oxygens (including phenoxy) is 1. The van der Waals surface area contributed by atoms with Gasteiger partial charge in [-0.3, -0.25) is 5.01 Å². The molecule has 0 spiro atoms. The zero-order valence-corrected chi connectivity index (χ0v) is 15.0. The standard InChI is InChI=1S/C17H18BrF2N3O/c1-3-10-6-11(8-12(7-10)24-2)15(21)9-23(22)17-14(19)5-4-13(18)16(17)20/h4-8,21H,3,9,22H2,1-2H3. The number of nitrogens with zero attached hydrogens (tertiary/aromatic N) is 1. The first-order valence-corrected chi connectivity index (χ1v) is 8.08. The molecule has 0 saturated carbocycles. The summed E-state index contributed by atoms with van der Waals surface area (Å²) < 4.78 is 33.3. The van der Waals surface area contributed by atoms with Crippen molar-refractivity contribution in [3.05, 3.63) is 57.6 Å². The number of rotatable bonds is 6. The second-order valence-electron chi connectivity index (χ2n) is 5.22. The molecule has 7 heteroatoms. The third kappa shape index (κ3) is 3.91. The number of nitrogens with two attached hydrogens (primary N) is 1. The topological polar surface area (TPSA) is 62.3 Å². The van der Waals surface area contributed by atoms with E-state index in [0.717, 1.165) is 23.1 Å². The number of anilines is 1. The van der Waals surface area contributed by atoms with Crippen LogP contribution in [0.4, 0.5) is 14.5 Å². The van der Waals surface area contributed by atoms with Gasteiger partial charge in [0, 0.05) is 5.56 Å². The average Bonchev–Trinajstić information content (AvgIpc) is 2.57. The second-order valence-corrected chi connectivity index (χ2v) is 6.08. The highest BCUT2D eigenvalue weighted by atomic mass is 79.9. The molecule has 0 saturated heterocycles. The lowest BCUT2D eigenvalue weighted by Gasteiger charge is -2.21. The maximum atomic E-state index is 14.1. The van der Waals surface area contributed by atoms with Gasteiger partial charge in [-0.2, -0.15) is 0 Å². The molecular weight excluding hydrogens is 380 g/mol. The molecule has 4 nitrogen and oxygen atoms in total. The van der Waals surface area contributed by atoms with Gasteiger partial charge in [-0.25, -0.2) is 14.6 Å². The minimum atomic E-state index is -0.801. The molecule has 0 unspecified atom stereocenters. The van der Waals surface area contributed by atoms with Crippen LogP contribution in [0.5, 0.6) is 5.75 Å². The highest BCUT2D eigenvalue weighted by Gasteiger charge is 2.19. The van der Waals surface area contributed by atoms with Crippen LogP contribution in [0.2, 0.25) is 0 Å². The molecule has 0 fully saturated rings. The number of aryl methyl sites for hydroxylation is 1. The summed E-state index contributed by atoms with van der Waals surface area (Å²) in [5.74, 6) is 4.84. The van der Waals surface area contributed by atoms with Crippen LogP contribution in [-0.4, -0.2) is 19.4 Å². The quantitative estimate of drug-likeness (QED) is 0.334. The Kier molecular flexibility index (Phi) is 5.90. The Morgan fingerprint density at radius 3 is 2.62 bits per heavy atom. The summed E-state index contributed by atoms with van der Waals surface area (Å²) in [6, 6.07) is 7.80. The van der Waals surface area contributed by atoms with E-state index in [0.29, 0.717) is 11.3 Å². The minimum absolute atomic E-state index is 0.107. The molecule has 2 aromatic carbocycles. The summed E-state index contributed by atoms with van der Waals surface area (Å²) in [5, 5.41) is 9.11. The Labute approximate surface area is 147 Å². The molecule has 128 valence electrons. The molecule has 3 N–H and O–H groups in total.